The second kappa shape index (κ2) is 8.87. The third-order valence-corrected chi connectivity index (χ3v) is 5.15. The highest BCUT2D eigenvalue weighted by Crippen LogP contribution is 2.36. The fourth-order valence-corrected chi connectivity index (χ4v) is 3.79. The molecule has 0 amide bonds. The summed E-state index contributed by atoms with van der Waals surface area (Å²) < 4.78 is 0. The first-order valence-corrected chi connectivity index (χ1v) is 9.77. The third-order valence-electron chi connectivity index (χ3n) is 5.15. The van der Waals surface area contributed by atoms with Crippen LogP contribution in [0.1, 0.15) is 80.5 Å². The molecule has 0 radical (unpaired) electrons. The molecule has 2 aromatic rings. The first kappa shape index (κ1) is 17.0. The molecule has 0 spiro atoms. The Morgan fingerprint density at radius 2 is 1.25 bits per heavy atom. The highest BCUT2D eigenvalue weighted by molar-refractivity contribution is 5.85. The molecule has 2 aromatic carbocycles. The van der Waals surface area contributed by atoms with Crippen molar-refractivity contribution in [2.24, 2.45) is 0 Å². The molecule has 24 heavy (non-hydrogen) atoms. The Morgan fingerprint density at radius 3 is 1.88 bits per heavy atom. The van der Waals surface area contributed by atoms with Crippen molar-refractivity contribution in [3.8, 4) is 0 Å². The van der Waals surface area contributed by atoms with Gasteiger partial charge in [-0.2, -0.15) is 0 Å². The van der Waals surface area contributed by atoms with Gasteiger partial charge < -0.3 is 0 Å². The molecule has 0 atom stereocenters. The van der Waals surface area contributed by atoms with Crippen LogP contribution in [0.2, 0.25) is 0 Å². The standard InChI is InChI=1S/C24H30/c1-2-3-4-5-6-7-8-9-18-24-22-16-12-10-14-20(22)19-21-15-11-13-17-23(21)24/h10-18H,2-9,19H2,1H3. The molecule has 0 heterocycles. The van der Waals surface area contributed by atoms with Gasteiger partial charge in [-0.3, -0.25) is 0 Å². The lowest BCUT2D eigenvalue weighted by Gasteiger charge is -2.22. The summed E-state index contributed by atoms with van der Waals surface area (Å²) in [5, 5.41) is 0. The van der Waals surface area contributed by atoms with Crippen LogP contribution in [0.3, 0.4) is 0 Å². The van der Waals surface area contributed by atoms with Gasteiger partial charge in [0, 0.05) is 0 Å². The normalized spacial score (nSPS) is 12.6. The van der Waals surface area contributed by atoms with Crippen LogP contribution in [0.4, 0.5) is 0 Å². The smallest absolute Gasteiger partial charge is 0.00135 e. The Balaban J connectivity index is 1.64. The van der Waals surface area contributed by atoms with Gasteiger partial charge in [-0.25, -0.2) is 0 Å². The second-order valence-corrected chi connectivity index (χ2v) is 7.02. The molecular formula is C24H30. The molecular weight excluding hydrogens is 288 g/mol. The predicted molar refractivity (Wildman–Crippen MR) is 105 cm³/mol. The Labute approximate surface area is 147 Å². The van der Waals surface area contributed by atoms with Crippen molar-refractivity contribution < 1.29 is 0 Å². The zero-order valence-electron chi connectivity index (χ0n) is 15.1. The number of rotatable bonds is 8. The summed E-state index contributed by atoms with van der Waals surface area (Å²) in [6.07, 6.45) is 14.4. The Hall–Kier alpha value is -1.82. The van der Waals surface area contributed by atoms with Crippen LogP contribution in [0.5, 0.6) is 0 Å². The van der Waals surface area contributed by atoms with E-state index >= 15 is 0 Å². The van der Waals surface area contributed by atoms with E-state index in [1.807, 2.05) is 0 Å². The van der Waals surface area contributed by atoms with Crippen molar-refractivity contribution in [3.63, 3.8) is 0 Å². The van der Waals surface area contributed by atoms with E-state index in [-0.39, 0.29) is 0 Å². The van der Waals surface area contributed by atoms with E-state index in [2.05, 4.69) is 61.5 Å². The van der Waals surface area contributed by atoms with E-state index in [4.69, 9.17) is 0 Å². The SMILES string of the molecule is CCCCCCCCCC=C1c2ccccc2Cc2ccccc21. The molecule has 0 bridgehead atoms. The summed E-state index contributed by atoms with van der Waals surface area (Å²) in [5.74, 6) is 0. The number of hydrogen-bond acceptors (Lipinski definition) is 0. The zero-order valence-corrected chi connectivity index (χ0v) is 15.1. The maximum atomic E-state index is 2.49. The van der Waals surface area contributed by atoms with E-state index in [1.165, 1.54) is 79.2 Å². The number of hydrogen-bond donors (Lipinski definition) is 0. The lowest BCUT2D eigenvalue weighted by atomic mass is 9.82. The highest BCUT2D eigenvalue weighted by atomic mass is 14.2. The quantitative estimate of drug-likeness (QED) is 0.386. The highest BCUT2D eigenvalue weighted by Gasteiger charge is 2.18. The lowest BCUT2D eigenvalue weighted by Crippen LogP contribution is -2.06. The molecule has 3 rings (SSSR count). The van der Waals surface area contributed by atoms with E-state index in [0.717, 1.165) is 6.42 Å². The number of allylic oxidation sites excluding steroid dienone is 1. The maximum Gasteiger partial charge on any atom is -0.00135 e. The van der Waals surface area contributed by atoms with Gasteiger partial charge in [-0.1, -0.05) is 100 Å². The summed E-state index contributed by atoms with van der Waals surface area (Å²) in [4.78, 5) is 0. The van der Waals surface area contributed by atoms with Gasteiger partial charge in [0.25, 0.3) is 0 Å². The topological polar surface area (TPSA) is 0 Å². The molecule has 0 aromatic heterocycles. The number of unbranched alkanes of at least 4 members (excludes halogenated alkanes) is 7. The average molecular weight is 319 g/mol. The molecule has 0 aliphatic heterocycles. The van der Waals surface area contributed by atoms with Crippen molar-refractivity contribution in [2.75, 3.05) is 0 Å². The molecule has 0 unspecified atom stereocenters. The lowest BCUT2D eigenvalue weighted by molar-refractivity contribution is 0.592. The molecule has 1 aliphatic rings. The van der Waals surface area contributed by atoms with Crippen LogP contribution < -0.4 is 0 Å². The fourth-order valence-electron chi connectivity index (χ4n) is 3.79. The van der Waals surface area contributed by atoms with Crippen LogP contribution in [-0.2, 0) is 6.42 Å². The Kier molecular flexibility index (Phi) is 6.29. The zero-order chi connectivity index (χ0) is 16.6. The summed E-state index contributed by atoms with van der Waals surface area (Å²) in [6, 6.07) is 17.8. The van der Waals surface area contributed by atoms with Crippen molar-refractivity contribution in [3.05, 3.63) is 76.9 Å². The summed E-state index contributed by atoms with van der Waals surface area (Å²) in [7, 11) is 0. The van der Waals surface area contributed by atoms with Crippen LogP contribution in [-0.4, -0.2) is 0 Å². The van der Waals surface area contributed by atoms with Crippen molar-refractivity contribution in [2.45, 2.75) is 64.7 Å². The van der Waals surface area contributed by atoms with Gasteiger partial charge in [0.05, 0.1) is 0 Å². The Bertz CT molecular complexity index is 630. The van der Waals surface area contributed by atoms with E-state index < -0.39 is 0 Å². The van der Waals surface area contributed by atoms with Gasteiger partial charge in [-0.15, -0.1) is 0 Å². The molecule has 0 fully saturated rings. The summed E-state index contributed by atoms with van der Waals surface area (Å²) in [5.41, 5.74) is 7.29. The van der Waals surface area contributed by atoms with E-state index in [0.29, 0.717) is 0 Å². The molecule has 1 aliphatic carbocycles. The summed E-state index contributed by atoms with van der Waals surface area (Å²) >= 11 is 0. The monoisotopic (exact) mass is 318 g/mol. The molecule has 0 heteroatoms. The van der Waals surface area contributed by atoms with E-state index in [1.54, 1.807) is 0 Å². The van der Waals surface area contributed by atoms with Crippen LogP contribution in [0, 0.1) is 0 Å². The first-order chi connectivity index (χ1) is 11.9. The van der Waals surface area contributed by atoms with E-state index in [9.17, 15) is 0 Å². The van der Waals surface area contributed by atoms with Crippen molar-refractivity contribution in [1.82, 2.24) is 0 Å². The molecule has 0 nitrogen and oxygen atoms in total. The van der Waals surface area contributed by atoms with Gasteiger partial charge in [0.15, 0.2) is 0 Å². The van der Waals surface area contributed by atoms with Gasteiger partial charge in [0.2, 0.25) is 0 Å². The maximum absolute atomic E-state index is 2.49. The fraction of sp³-hybridized carbons (Fsp3) is 0.417. The van der Waals surface area contributed by atoms with Crippen LogP contribution >= 0.6 is 0 Å². The molecule has 0 saturated carbocycles. The minimum Gasteiger partial charge on any atom is -0.0760 e. The predicted octanol–water partition coefficient (Wildman–Crippen LogP) is 7.16. The van der Waals surface area contributed by atoms with Crippen molar-refractivity contribution in [1.29, 1.82) is 0 Å². The number of benzene rings is 2. The van der Waals surface area contributed by atoms with Crippen LogP contribution in [0.25, 0.3) is 5.57 Å². The second-order valence-electron chi connectivity index (χ2n) is 7.02. The minimum atomic E-state index is 1.07. The molecule has 0 saturated heterocycles. The molecule has 126 valence electrons. The first-order valence-electron chi connectivity index (χ1n) is 9.77. The van der Waals surface area contributed by atoms with Crippen LogP contribution in [0.15, 0.2) is 54.6 Å². The Morgan fingerprint density at radius 1 is 0.708 bits per heavy atom. The number of fused-ring (bicyclic) bond motifs is 2. The van der Waals surface area contributed by atoms with Crippen molar-refractivity contribution >= 4 is 5.57 Å². The summed E-state index contributed by atoms with van der Waals surface area (Å²) in [6.45, 7) is 2.28. The molecule has 0 N–H and O–H groups in total. The average Bonchev–Trinajstić information content (AvgIpc) is 2.63. The van der Waals surface area contributed by atoms with Gasteiger partial charge in [0.1, 0.15) is 0 Å². The minimum absolute atomic E-state index is 1.07. The van der Waals surface area contributed by atoms with Gasteiger partial charge in [-0.05, 0) is 47.1 Å². The van der Waals surface area contributed by atoms with Gasteiger partial charge >= 0.3 is 0 Å². The largest absolute Gasteiger partial charge is 0.0760 e. The third kappa shape index (κ3) is 4.17.